The van der Waals surface area contributed by atoms with Crippen LogP contribution in [0.1, 0.15) is 32.3 Å². The summed E-state index contributed by atoms with van der Waals surface area (Å²) < 4.78 is 11.6. The highest BCUT2D eigenvalue weighted by Gasteiger charge is 2.18. The Morgan fingerprint density at radius 1 is 1.27 bits per heavy atom. The summed E-state index contributed by atoms with van der Waals surface area (Å²) in [6.45, 7) is 5.71. The molecule has 0 atom stereocenters. The standard InChI is InChI=1S/C18H22N2O2/c1-12(2)4-3-7-21-14-5-6-15-16-9-18(19)20-10-13(16)11-22-17(15)8-14/h5-6,8-10,12H,3-4,7,11H2,1-2H3,(H2,19,20). The second-order valence-electron chi connectivity index (χ2n) is 6.10. The summed E-state index contributed by atoms with van der Waals surface area (Å²) in [6, 6.07) is 7.89. The number of nitrogens with zero attached hydrogens (tertiary/aromatic N) is 1. The molecule has 0 fully saturated rings. The number of rotatable bonds is 5. The third-order valence-electron chi connectivity index (χ3n) is 3.83. The fraction of sp³-hybridized carbons (Fsp3) is 0.389. The number of hydrogen-bond acceptors (Lipinski definition) is 4. The highest BCUT2D eigenvalue weighted by molar-refractivity contribution is 5.77. The van der Waals surface area contributed by atoms with Crippen LogP contribution in [0.3, 0.4) is 0 Å². The summed E-state index contributed by atoms with van der Waals surface area (Å²) in [5.41, 5.74) is 9.00. The zero-order valence-electron chi connectivity index (χ0n) is 13.1. The van der Waals surface area contributed by atoms with Gasteiger partial charge in [-0.2, -0.15) is 0 Å². The van der Waals surface area contributed by atoms with Gasteiger partial charge < -0.3 is 15.2 Å². The minimum Gasteiger partial charge on any atom is -0.493 e. The maximum atomic E-state index is 5.82. The van der Waals surface area contributed by atoms with Crippen molar-refractivity contribution in [2.75, 3.05) is 12.3 Å². The maximum absolute atomic E-state index is 5.82. The van der Waals surface area contributed by atoms with Gasteiger partial charge in [0.25, 0.3) is 0 Å². The van der Waals surface area contributed by atoms with Crippen LogP contribution < -0.4 is 15.2 Å². The van der Waals surface area contributed by atoms with Crippen LogP contribution in [0, 0.1) is 5.92 Å². The first-order chi connectivity index (χ1) is 10.6. The number of ether oxygens (including phenoxy) is 2. The first kappa shape index (κ1) is 14.7. The summed E-state index contributed by atoms with van der Waals surface area (Å²) >= 11 is 0. The lowest BCUT2D eigenvalue weighted by Crippen LogP contribution is -2.07. The van der Waals surface area contributed by atoms with Gasteiger partial charge in [-0.3, -0.25) is 0 Å². The van der Waals surface area contributed by atoms with Crippen molar-refractivity contribution in [3.05, 3.63) is 36.0 Å². The molecule has 0 saturated heterocycles. The van der Waals surface area contributed by atoms with Crippen molar-refractivity contribution in [3.63, 3.8) is 0 Å². The van der Waals surface area contributed by atoms with Gasteiger partial charge in [0.1, 0.15) is 23.9 Å². The van der Waals surface area contributed by atoms with E-state index < -0.39 is 0 Å². The molecule has 0 spiro atoms. The van der Waals surface area contributed by atoms with E-state index in [2.05, 4.69) is 18.8 Å². The Labute approximate surface area is 131 Å². The number of nitrogen functional groups attached to an aromatic ring is 1. The molecular weight excluding hydrogens is 276 g/mol. The molecule has 0 aliphatic carbocycles. The van der Waals surface area contributed by atoms with Gasteiger partial charge in [0.2, 0.25) is 0 Å². The lowest BCUT2D eigenvalue weighted by molar-refractivity contribution is 0.284. The Morgan fingerprint density at radius 2 is 2.14 bits per heavy atom. The van der Waals surface area contributed by atoms with Gasteiger partial charge in [0.15, 0.2) is 0 Å². The van der Waals surface area contributed by atoms with Crippen LogP contribution in [-0.2, 0) is 6.61 Å². The molecule has 116 valence electrons. The number of fused-ring (bicyclic) bond motifs is 3. The number of hydrogen-bond donors (Lipinski definition) is 1. The van der Waals surface area contributed by atoms with Crippen molar-refractivity contribution < 1.29 is 9.47 Å². The average molecular weight is 298 g/mol. The van der Waals surface area contributed by atoms with Crippen LogP contribution >= 0.6 is 0 Å². The largest absolute Gasteiger partial charge is 0.493 e. The zero-order chi connectivity index (χ0) is 15.5. The SMILES string of the molecule is CC(C)CCCOc1ccc2c(c1)OCc1cnc(N)cc1-2. The number of nitrogens with two attached hydrogens (primary N) is 1. The van der Waals surface area contributed by atoms with Gasteiger partial charge in [-0.25, -0.2) is 4.98 Å². The molecule has 0 bridgehead atoms. The monoisotopic (exact) mass is 298 g/mol. The van der Waals surface area contributed by atoms with E-state index in [-0.39, 0.29) is 0 Å². The smallest absolute Gasteiger partial charge is 0.131 e. The molecule has 2 aromatic rings. The van der Waals surface area contributed by atoms with E-state index >= 15 is 0 Å². The molecule has 0 saturated carbocycles. The topological polar surface area (TPSA) is 57.4 Å². The molecule has 1 aliphatic heterocycles. The molecule has 1 aliphatic rings. The molecule has 0 unspecified atom stereocenters. The summed E-state index contributed by atoms with van der Waals surface area (Å²) in [6.07, 6.45) is 4.03. The summed E-state index contributed by atoms with van der Waals surface area (Å²) in [4.78, 5) is 4.12. The molecule has 4 nitrogen and oxygen atoms in total. The molecule has 3 rings (SSSR count). The van der Waals surface area contributed by atoms with Crippen molar-refractivity contribution in [3.8, 4) is 22.6 Å². The first-order valence-electron chi connectivity index (χ1n) is 7.78. The van der Waals surface area contributed by atoms with Crippen molar-refractivity contribution in [2.24, 2.45) is 5.92 Å². The van der Waals surface area contributed by atoms with E-state index in [0.29, 0.717) is 18.3 Å². The quantitative estimate of drug-likeness (QED) is 0.846. The summed E-state index contributed by atoms with van der Waals surface area (Å²) in [5, 5.41) is 0. The average Bonchev–Trinajstić information content (AvgIpc) is 2.51. The Balaban J connectivity index is 1.75. The third kappa shape index (κ3) is 3.16. The fourth-order valence-corrected chi connectivity index (χ4v) is 2.64. The number of anilines is 1. The van der Waals surface area contributed by atoms with Crippen LogP contribution in [0.5, 0.6) is 11.5 Å². The van der Waals surface area contributed by atoms with Crippen molar-refractivity contribution in [2.45, 2.75) is 33.3 Å². The normalized spacial score (nSPS) is 12.5. The van der Waals surface area contributed by atoms with E-state index in [4.69, 9.17) is 15.2 Å². The molecule has 4 heteroatoms. The molecule has 2 N–H and O–H groups in total. The molecule has 22 heavy (non-hydrogen) atoms. The Bertz CT molecular complexity index is 668. The van der Waals surface area contributed by atoms with E-state index in [1.54, 1.807) is 6.20 Å². The molecule has 2 heterocycles. The number of pyridine rings is 1. The lowest BCUT2D eigenvalue weighted by atomic mass is 9.98. The van der Waals surface area contributed by atoms with Crippen LogP contribution in [0.4, 0.5) is 5.82 Å². The van der Waals surface area contributed by atoms with Gasteiger partial charge in [-0.05, 0) is 42.5 Å². The predicted molar refractivity (Wildman–Crippen MR) is 88.0 cm³/mol. The summed E-state index contributed by atoms with van der Waals surface area (Å²) in [7, 11) is 0. The van der Waals surface area contributed by atoms with Gasteiger partial charge >= 0.3 is 0 Å². The molecule has 1 aromatic heterocycles. The van der Waals surface area contributed by atoms with Crippen molar-refractivity contribution in [1.29, 1.82) is 0 Å². The first-order valence-corrected chi connectivity index (χ1v) is 7.78. The fourth-order valence-electron chi connectivity index (χ4n) is 2.64. The van der Waals surface area contributed by atoms with Gasteiger partial charge in [-0.15, -0.1) is 0 Å². The third-order valence-corrected chi connectivity index (χ3v) is 3.83. The van der Waals surface area contributed by atoms with E-state index in [9.17, 15) is 0 Å². The van der Waals surface area contributed by atoms with Crippen LogP contribution in [-0.4, -0.2) is 11.6 Å². The van der Waals surface area contributed by atoms with Crippen LogP contribution in [0.15, 0.2) is 30.5 Å². The number of aromatic nitrogens is 1. The van der Waals surface area contributed by atoms with Crippen molar-refractivity contribution in [1.82, 2.24) is 4.98 Å². The van der Waals surface area contributed by atoms with Gasteiger partial charge in [-0.1, -0.05) is 13.8 Å². The molecule has 0 radical (unpaired) electrons. The van der Waals surface area contributed by atoms with E-state index in [1.807, 2.05) is 24.3 Å². The zero-order valence-corrected chi connectivity index (χ0v) is 13.1. The Morgan fingerprint density at radius 3 is 2.95 bits per heavy atom. The van der Waals surface area contributed by atoms with E-state index in [0.717, 1.165) is 41.2 Å². The van der Waals surface area contributed by atoms with Gasteiger partial charge in [0, 0.05) is 23.4 Å². The Kier molecular flexibility index (Phi) is 4.18. The second-order valence-corrected chi connectivity index (χ2v) is 6.10. The summed E-state index contributed by atoms with van der Waals surface area (Å²) in [5.74, 6) is 2.94. The molecule has 1 aromatic carbocycles. The van der Waals surface area contributed by atoms with Crippen molar-refractivity contribution >= 4 is 5.82 Å². The second kappa shape index (κ2) is 6.26. The minimum atomic E-state index is 0.520. The van der Waals surface area contributed by atoms with Crippen LogP contribution in [0.25, 0.3) is 11.1 Å². The maximum Gasteiger partial charge on any atom is 0.131 e. The predicted octanol–water partition coefficient (Wildman–Crippen LogP) is 4.04. The Hall–Kier alpha value is -2.23. The minimum absolute atomic E-state index is 0.520. The molecular formula is C18H22N2O2. The number of benzene rings is 1. The highest BCUT2D eigenvalue weighted by Crippen LogP contribution is 2.39. The highest BCUT2D eigenvalue weighted by atomic mass is 16.5. The lowest BCUT2D eigenvalue weighted by Gasteiger charge is -2.21. The van der Waals surface area contributed by atoms with Crippen LogP contribution in [0.2, 0.25) is 0 Å². The molecule has 0 amide bonds. The van der Waals surface area contributed by atoms with Gasteiger partial charge in [0.05, 0.1) is 6.61 Å². The van der Waals surface area contributed by atoms with E-state index in [1.165, 1.54) is 6.42 Å².